The predicted molar refractivity (Wildman–Crippen MR) is 84.5 cm³/mol. The molecule has 0 bridgehead atoms. The molecule has 0 saturated heterocycles. The van der Waals surface area contributed by atoms with E-state index in [0.29, 0.717) is 6.42 Å². The number of carbonyl (C=O) groups excluding carboxylic acids is 1. The Kier molecular flexibility index (Phi) is 6.45. The van der Waals surface area contributed by atoms with Gasteiger partial charge >= 0.3 is 11.9 Å². The van der Waals surface area contributed by atoms with Crippen molar-refractivity contribution in [3.8, 4) is 0 Å². The molecule has 1 unspecified atom stereocenters. The number of aliphatic carboxylic acids is 1. The summed E-state index contributed by atoms with van der Waals surface area (Å²) in [5.74, 6) is -1.76. The lowest BCUT2D eigenvalue weighted by molar-refractivity contribution is -0.169. The topological polar surface area (TPSA) is 63.6 Å². The molecule has 0 aliphatic carbocycles. The lowest BCUT2D eigenvalue weighted by Gasteiger charge is -2.26. The molecule has 4 nitrogen and oxygen atoms in total. The second-order valence-electron chi connectivity index (χ2n) is 4.66. The molecule has 1 aromatic carbocycles. The third kappa shape index (κ3) is 3.94. The van der Waals surface area contributed by atoms with Gasteiger partial charge in [0.05, 0.1) is 6.61 Å². The van der Waals surface area contributed by atoms with E-state index in [0.717, 1.165) is 9.13 Å². The quantitative estimate of drug-likeness (QED) is 0.441. The van der Waals surface area contributed by atoms with Crippen LogP contribution in [0, 0.1) is 8.99 Å². The molecule has 5 heteroatoms. The molecule has 0 amide bonds. The van der Waals surface area contributed by atoms with Crippen molar-refractivity contribution in [2.24, 2.45) is 5.41 Å². The average Bonchev–Trinajstić information content (AvgIpc) is 2.40. The number of benzene rings is 1. The second kappa shape index (κ2) is 7.61. The van der Waals surface area contributed by atoms with Gasteiger partial charge in [-0.25, -0.2) is 0 Å². The summed E-state index contributed by atoms with van der Waals surface area (Å²) in [4.78, 5) is 23.9. The Balaban J connectivity index is 3.11. The molecule has 1 N–H and O–H groups in total. The highest BCUT2D eigenvalue weighted by Gasteiger charge is 2.46. The largest absolute Gasteiger partial charge is 0.480 e. The fourth-order valence-electron chi connectivity index (χ4n) is 2.18. The van der Waals surface area contributed by atoms with Gasteiger partial charge in [-0.2, -0.15) is 0 Å². The van der Waals surface area contributed by atoms with Gasteiger partial charge in [0.15, 0.2) is 5.41 Å². The normalized spacial score (nSPS) is 13.6. The Morgan fingerprint density at radius 3 is 2.30 bits per heavy atom. The zero-order valence-corrected chi connectivity index (χ0v) is 13.8. The Morgan fingerprint density at radius 1 is 1.25 bits per heavy atom. The minimum atomic E-state index is -1.49. The molecule has 1 rings (SSSR count). The lowest BCUT2D eigenvalue weighted by atomic mass is 9.78. The number of ether oxygens (including phenoxy) is 1. The first-order valence-corrected chi connectivity index (χ1v) is 7.69. The summed E-state index contributed by atoms with van der Waals surface area (Å²) in [6.45, 7) is 3.73. The molecule has 0 aliphatic rings. The van der Waals surface area contributed by atoms with Crippen LogP contribution in [0.25, 0.3) is 0 Å². The van der Waals surface area contributed by atoms with Gasteiger partial charge in [-0.3, -0.25) is 9.59 Å². The zero-order valence-electron chi connectivity index (χ0n) is 11.7. The van der Waals surface area contributed by atoms with Gasteiger partial charge in [0.25, 0.3) is 0 Å². The standard InChI is InChI=1S/C15H19IO4/c1-3-9-15(13(17)18,14(19)20-4-2)10-11-5-7-12(16)8-6-11/h5-8H,3-4,9-10H2,1-2H3,(H,17,18). The number of hydrogen-bond donors (Lipinski definition) is 1. The first kappa shape index (κ1) is 16.9. The summed E-state index contributed by atoms with van der Waals surface area (Å²) >= 11 is 2.18. The van der Waals surface area contributed by atoms with Crippen molar-refractivity contribution in [3.05, 3.63) is 33.4 Å². The molecule has 0 radical (unpaired) electrons. The van der Waals surface area contributed by atoms with E-state index >= 15 is 0 Å². The molecule has 1 aromatic rings. The number of esters is 1. The molecule has 20 heavy (non-hydrogen) atoms. The molecular formula is C15H19IO4. The van der Waals surface area contributed by atoms with E-state index in [-0.39, 0.29) is 19.4 Å². The maximum absolute atomic E-state index is 12.2. The summed E-state index contributed by atoms with van der Waals surface area (Å²) in [7, 11) is 0. The van der Waals surface area contributed by atoms with E-state index < -0.39 is 17.4 Å². The minimum Gasteiger partial charge on any atom is -0.480 e. The third-order valence-electron chi connectivity index (χ3n) is 3.17. The van der Waals surface area contributed by atoms with Crippen LogP contribution >= 0.6 is 22.6 Å². The van der Waals surface area contributed by atoms with Crippen LogP contribution in [0.2, 0.25) is 0 Å². The van der Waals surface area contributed by atoms with Crippen LogP contribution in [0.3, 0.4) is 0 Å². The van der Waals surface area contributed by atoms with Crippen molar-refractivity contribution >= 4 is 34.5 Å². The lowest BCUT2D eigenvalue weighted by Crippen LogP contribution is -2.42. The Hall–Kier alpha value is -1.11. The van der Waals surface area contributed by atoms with Gasteiger partial charge in [0, 0.05) is 3.57 Å². The van der Waals surface area contributed by atoms with Crippen molar-refractivity contribution in [1.82, 2.24) is 0 Å². The predicted octanol–water partition coefficient (Wildman–Crippen LogP) is 3.27. The zero-order chi connectivity index (χ0) is 15.2. The van der Waals surface area contributed by atoms with E-state index in [1.165, 1.54) is 0 Å². The first-order valence-electron chi connectivity index (χ1n) is 6.61. The molecule has 0 saturated carbocycles. The summed E-state index contributed by atoms with van der Waals surface area (Å²) < 4.78 is 6.06. The highest BCUT2D eigenvalue weighted by Crippen LogP contribution is 2.31. The van der Waals surface area contributed by atoms with Gasteiger partial charge < -0.3 is 9.84 Å². The van der Waals surface area contributed by atoms with Crippen LogP contribution in [-0.4, -0.2) is 23.7 Å². The molecule has 0 heterocycles. The van der Waals surface area contributed by atoms with Crippen LogP contribution in [0.5, 0.6) is 0 Å². The van der Waals surface area contributed by atoms with E-state index in [1.54, 1.807) is 6.92 Å². The van der Waals surface area contributed by atoms with Crippen LogP contribution in [0.1, 0.15) is 32.3 Å². The van der Waals surface area contributed by atoms with Crippen molar-refractivity contribution in [2.75, 3.05) is 6.61 Å². The van der Waals surface area contributed by atoms with Crippen molar-refractivity contribution in [3.63, 3.8) is 0 Å². The number of halogens is 1. The average molecular weight is 390 g/mol. The van der Waals surface area contributed by atoms with Gasteiger partial charge in [-0.05, 0) is 60.1 Å². The monoisotopic (exact) mass is 390 g/mol. The maximum atomic E-state index is 12.2. The molecule has 0 aromatic heterocycles. The fourth-order valence-corrected chi connectivity index (χ4v) is 2.54. The summed E-state index contributed by atoms with van der Waals surface area (Å²) in [6, 6.07) is 7.52. The van der Waals surface area contributed by atoms with E-state index in [4.69, 9.17) is 4.74 Å². The molecule has 1 atom stereocenters. The number of carbonyl (C=O) groups is 2. The Bertz CT molecular complexity index is 469. The molecular weight excluding hydrogens is 371 g/mol. The first-order chi connectivity index (χ1) is 9.46. The van der Waals surface area contributed by atoms with Crippen LogP contribution in [0.15, 0.2) is 24.3 Å². The number of carboxylic acid groups (broad SMARTS) is 1. The SMILES string of the molecule is CCCC(Cc1ccc(I)cc1)(C(=O)O)C(=O)OCC. The van der Waals surface area contributed by atoms with Crippen LogP contribution in [-0.2, 0) is 20.7 Å². The highest BCUT2D eigenvalue weighted by atomic mass is 127. The van der Waals surface area contributed by atoms with Crippen LogP contribution < -0.4 is 0 Å². The fraction of sp³-hybridized carbons (Fsp3) is 0.467. The van der Waals surface area contributed by atoms with Gasteiger partial charge in [0.2, 0.25) is 0 Å². The minimum absolute atomic E-state index is 0.159. The number of carboxylic acids is 1. The van der Waals surface area contributed by atoms with Crippen molar-refractivity contribution in [2.45, 2.75) is 33.1 Å². The van der Waals surface area contributed by atoms with E-state index in [2.05, 4.69) is 22.6 Å². The maximum Gasteiger partial charge on any atom is 0.323 e. The molecule has 110 valence electrons. The van der Waals surface area contributed by atoms with E-state index in [1.807, 2.05) is 31.2 Å². The molecule has 0 spiro atoms. The molecule has 0 aliphatic heterocycles. The van der Waals surface area contributed by atoms with Gasteiger partial charge in [0.1, 0.15) is 0 Å². The Morgan fingerprint density at radius 2 is 1.85 bits per heavy atom. The van der Waals surface area contributed by atoms with Crippen molar-refractivity contribution < 1.29 is 19.4 Å². The van der Waals surface area contributed by atoms with Crippen LogP contribution in [0.4, 0.5) is 0 Å². The summed E-state index contributed by atoms with van der Waals surface area (Å²) in [5, 5.41) is 9.57. The third-order valence-corrected chi connectivity index (χ3v) is 3.89. The Labute approximate surface area is 132 Å². The summed E-state index contributed by atoms with van der Waals surface area (Å²) in [6.07, 6.45) is 1.04. The number of hydrogen-bond acceptors (Lipinski definition) is 3. The summed E-state index contributed by atoms with van der Waals surface area (Å²) in [5.41, 5.74) is -0.660. The highest BCUT2D eigenvalue weighted by molar-refractivity contribution is 14.1. The molecule has 0 fully saturated rings. The second-order valence-corrected chi connectivity index (χ2v) is 5.91. The smallest absolute Gasteiger partial charge is 0.323 e. The van der Waals surface area contributed by atoms with Gasteiger partial charge in [-0.15, -0.1) is 0 Å². The van der Waals surface area contributed by atoms with Gasteiger partial charge in [-0.1, -0.05) is 25.5 Å². The number of rotatable bonds is 7. The van der Waals surface area contributed by atoms with Crippen molar-refractivity contribution in [1.29, 1.82) is 0 Å². The van der Waals surface area contributed by atoms with E-state index in [9.17, 15) is 14.7 Å².